The van der Waals surface area contributed by atoms with Crippen LogP contribution in [0.3, 0.4) is 0 Å². The third-order valence-electron chi connectivity index (χ3n) is 2.53. The lowest BCUT2D eigenvalue weighted by molar-refractivity contribution is 0.0953. The lowest BCUT2D eigenvalue weighted by atomic mass is 10.1. The largest absolute Gasteiger partial charge is 0.351 e. The average molecular weight is 363 g/mol. The van der Waals surface area contributed by atoms with Gasteiger partial charge in [0.05, 0.1) is 0 Å². The van der Waals surface area contributed by atoms with E-state index < -0.39 is 0 Å². The van der Waals surface area contributed by atoms with Crippen molar-refractivity contribution in [3.63, 3.8) is 0 Å². The van der Waals surface area contributed by atoms with E-state index in [9.17, 15) is 4.79 Å². The molecule has 1 unspecified atom stereocenters. The first kappa shape index (κ1) is 14.7. The van der Waals surface area contributed by atoms with Gasteiger partial charge in [0.15, 0.2) is 0 Å². The normalized spacial score (nSPS) is 12.2. The van der Waals surface area contributed by atoms with Crippen molar-refractivity contribution in [1.29, 1.82) is 0 Å². The van der Waals surface area contributed by atoms with Gasteiger partial charge in [-0.15, -0.1) is 0 Å². The number of hydrogen-bond acceptors (Lipinski definition) is 1. The summed E-state index contributed by atoms with van der Waals surface area (Å²) in [6, 6.07) is 5.74. The van der Waals surface area contributed by atoms with Crippen LogP contribution in [-0.2, 0) is 0 Å². The Morgan fingerprint density at radius 2 is 2.18 bits per heavy atom. The highest BCUT2D eigenvalue weighted by Gasteiger charge is 2.11. The topological polar surface area (TPSA) is 29.1 Å². The second-order valence-electron chi connectivity index (χ2n) is 4.06. The Hall–Kier alpha value is -0.350. The highest BCUT2D eigenvalue weighted by molar-refractivity contribution is 9.10. The summed E-state index contributed by atoms with van der Waals surface area (Å²) >= 11 is 6.93. The lowest BCUT2D eigenvalue weighted by Gasteiger charge is -2.11. The number of rotatable bonds is 5. The Morgan fingerprint density at radius 1 is 1.47 bits per heavy atom. The molecule has 4 heteroatoms. The molecule has 0 bridgehead atoms. The monoisotopic (exact) mass is 361 g/mol. The van der Waals surface area contributed by atoms with Crippen molar-refractivity contribution in [2.45, 2.75) is 31.5 Å². The van der Waals surface area contributed by atoms with E-state index in [-0.39, 0.29) is 5.91 Å². The number of carbonyl (C=O) groups excluding carboxylic acids is 1. The molecule has 0 aliphatic heterocycles. The van der Waals surface area contributed by atoms with E-state index in [1.807, 2.05) is 25.1 Å². The molecule has 1 rings (SSSR count). The Kier molecular flexibility index (Phi) is 6.20. The van der Waals surface area contributed by atoms with Crippen LogP contribution in [0.2, 0.25) is 0 Å². The summed E-state index contributed by atoms with van der Waals surface area (Å²) in [5.41, 5.74) is 1.72. The van der Waals surface area contributed by atoms with Crippen LogP contribution in [0.5, 0.6) is 0 Å². The van der Waals surface area contributed by atoms with Gasteiger partial charge in [0.2, 0.25) is 0 Å². The van der Waals surface area contributed by atoms with Crippen LogP contribution in [0.1, 0.15) is 35.7 Å². The summed E-state index contributed by atoms with van der Waals surface area (Å²) in [5, 5.41) is 2.94. The fourth-order valence-electron chi connectivity index (χ4n) is 1.55. The number of aryl methyl sites for hydroxylation is 1. The smallest absolute Gasteiger partial charge is 0.251 e. The molecule has 17 heavy (non-hydrogen) atoms. The van der Waals surface area contributed by atoms with Crippen molar-refractivity contribution in [2.75, 3.05) is 6.54 Å². The van der Waals surface area contributed by atoms with Gasteiger partial charge in [-0.05, 0) is 31.0 Å². The molecule has 94 valence electrons. The zero-order chi connectivity index (χ0) is 12.8. The summed E-state index contributed by atoms with van der Waals surface area (Å²) in [6.07, 6.45) is 2.18. The Labute approximate surface area is 119 Å². The minimum atomic E-state index is -0.00986. The van der Waals surface area contributed by atoms with Crippen LogP contribution in [0.25, 0.3) is 0 Å². The van der Waals surface area contributed by atoms with Crippen LogP contribution in [0.15, 0.2) is 22.7 Å². The van der Waals surface area contributed by atoms with E-state index in [0.29, 0.717) is 11.4 Å². The van der Waals surface area contributed by atoms with Gasteiger partial charge in [0.1, 0.15) is 0 Å². The molecule has 1 aromatic carbocycles. The minimum Gasteiger partial charge on any atom is -0.351 e. The maximum atomic E-state index is 12.0. The second-order valence-corrected chi connectivity index (χ2v) is 6.27. The SMILES string of the molecule is CCCC(Br)CNC(=O)c1cc(Br)ccc1C. The number of amides is 1. The van der Waals surface area contributed by atoms with Crippen molar-refractivity contribution in [3.8, 4) is 0 Å². The van der Waals surface area contributed by atoms with E-state index in [1.165, 1.54) is 0 Å². The lowest BCUT2D eigenvalue weighted by Crippen LogP contribution is -2.30. The Bertz CT molecular complexity index is 393. The van der Waals surface area contributed by atoms with Gasteiger partial charge in [-0.3, -0.25) is 4.79 Å². The molecule has 0 aromatic heterocycles. The summed E-state index contributed by atoms with van der Waals surface area (Å²) < 4.78 is 0.928. The summed E-state index contributed by atoms with van der Waals surface area (Å²) in [6.45, 7) is 4.74. The van der Waals surface area contributed by atoms with Gasteiger partial charge in [-0.1, -0.05) is 51.3 Å². The minimum absolute atomic E-state index is 0.00986. The molecule has 1 aromatic rings. The van der Waals surface area contributed by atoms with E-state index in [4.69, 9.17) is 0 Å². The van der Waals surface area contributed by atoms with Gasteiger partial charge in [-0.2, -0.15) is 0 Å². The zero-order valence-electron chi connectivity index (χ0n) is 10.1. The predicted octanol–water partition coefficient (Wildman–Crippen LogP) is 4.05. The van der Waals surface area contributed by atoms with Crippen LogP contribution < -0.4 is 5.32 Å². The van der Waals surface area contributed by atoms with Crippen molar-refractivity contribution < 1.29 is 4.79 Å². The zero-order valence-corrected chi connectivity index (χ0v) is 13.3. The fraction of sp³-hybridized carbons (Fsp3) is 0.462. The van der Waals surface area contributed by atoms with E-state index in [1.54, 1.807) is 0 Å². The van der Waals surface area contributed by atoms with Crippen LogP contribution in [-0.4, -0.2) is 17.3 Å². The number of benzene rings is 1. The molecule has 1 atom stereocenters. The Balaban J connectivity index is 2.61. The molecule has 0 fully saturated rings. The highest BCUT2D eigenvalue weighted by Crippen LogP contribution is 2.16. The summed E-state index contributed by atoms with van der Waals surface area (Å²) in [7, 11) is 0. The molecule has 1 N–H and O–H groups in total. The van der Waals surface area contributed by atoms with Gasteiger partial charge in [0, 0.05) is 21.4 Å². The summed E-state index contributed by atoms with van der Waals surface area (Å²) in [4.78, 5) is 12.3. The molecule has 1 amide bonds. The van der Waals surface area contributed by atoms with Gasteiger partial charge in [0.25, 0.3) is 5.91 Å². The van der Waals surface area contributed by atoms with Crippen molar-refractivity contribution in [2.24, 2.45) is 0 Å². The maximum Gasteiger partial charge on any atom is 0.251 e. The number of nitrogens with one attached hydrogen (secondary N) is 1. The highest BCUT2D eigenvalue weighted by atomic mass is 79.9. The molecule has 0 saturated heterocycles. The quantitative estimate of drug-likeness (QED) is 0.786. The Morgan fingerprint density at radius 3 is 2.82 bits per heavy atom. The molecule has 2 nitrogen and oxygen atoms in total. The van der Waals surface area contributed by atoms with Gasteiger partial charge < -0.3 is 5.32 Å². The van der Waals surface area contributed by atoms with Crippen LogP contribution in [0.4, 0.5) is 0 Å². The van der Waals surface area contributed by atoms with E-state index in [0.717, 1.165) is 28.4 Å². The van der Waals surface area contributed by atoms with Crippen molar-refractivity contribution >= 4 is 37.8 Å². The summed E-state index contributed by atoms with van der Waals surface area (Å²) in [5.74, 6) is -0.00986. The van der Waals surface area contributed by atoms with Gasteiger partial charge in [-0.25, -0.2) is 0 Å². The number of carbonyl (C=O) groups is 1. The molecule has 0 spiro atoms. The number of alkyl halides is 1. The molecule has 0 aliphatic rings. The number of halogens is 2. The predicted molar refractivity (Wildman–Crippen MR) is 78.8 cm³/mol. The van der Waals surface area contributed by atoms with Gasteiger partial charge >= 0.3 is 0 Å². The van der Waals surface area contributed by atoms with E-state index >= 15 is 0 Å². The standard InChI is InChI=1S/C13H17Br2NO/c1-3-4-11(15)8-16-13(17)12-7-10(14)6-5-9(12)2/h5-7,11H,3-4,8H2,1-2H3,(H,16,17). The molecule has 0 heterocycles. The fourth-order valence-corrected chi connectivity index (χ4v) is 2.53. The van der Waals surface area contributed by atoms with Crippen LogP contribution >= 0.6 is 31.9 Å². The molecular weight excluding hydrogens is 346 g/mol. The average Bonchev–Trinajstić information content (AvgIpc) is 2.29. The molecule has 0 saturated carbocycles. The molecular formula is C13H17Br2NO. The van der Waals surface area contributed by atoms with E-state index in [2.05, 4.69) is 44.1 Å². The van der Waals surface area contributed by atoms with Crippen molar-refractivity contribution in [1.82, 2.24) is 5.32 Å². The number of hydrogen-bond donors (Lipinski definition) is 1. The third kappa shape index (κ3) is 4.80. The third-order valence-corrected chi connectivity index (χ3v) is 3.81. The first-order chi connectivity index (χ1) is 8.04. The van der Waals surface area contributed by atoms with Crippen LogP contribution in [0, 0.1) is 6.92 Å². The maximum absolute atomic E-state index is 12.0. The van der Waals surface area contributed by atoms with Crippen molar-refractivity contribution in [3.05, 3.63) is 33.8 Å². The first-order valence-electron chi connectivity index (χ1n) is 5.73. The first-order valence-corrected chi connectivity index (χ1v) is 7.44. The second kappa shape index (κ2) is 7.17. The molecule has 0 aliphatic carbocycles. The molecule has 0 radical (unpaired) electrons.